The van der Waals surface area contributed by atoms with Crippen molar-refractivity contribution in [2.24, 2.45) is 0 Å². The van der Waals surface area contributed by atoms with Crippen molar-refractivity contribution >= 4 is 66.6 Å². The number of rotatable bonds is 2. The second-order valence-corrected chi connectivity index (χ2v) is 10.7. The van der Waals surface area contributed by atoms with E-state index in [1.54, 1.807) is 0 Å². The third-order valence-electron chi connectivity index (χ3n) is 8.74. The molecule has 0 N–H and O–H groups in total. The molecule has 6 aromatic carbocycles. The highest BCUT2D eigenvalue weighted by Crippen LogP contribution is 2.35. The van der Waals surface area contributed by atoms with Crippen molar-refractivity contribution in [3.05, 3.63) is 140 Å². The van der Waals surface area contributed by atoms with E-state index in [4.69, 9.17) is 4.98 Å². The maximum absolute atomic E-state index is 4.75. The molecule has 184 valence electrons. The number of nitrogens with zero attached hydrogens (tertiary/aromatic N) is 2. The van der Waals surface area contributed by atoms with Gasteiger partial charge in [0.1, 0.15) is 0 Å². The van der Waals surface area contributed by atoms with Crippen molar-refractivity contribution < 1.29 is 0 Å². The van der Waals surface area contributed by atoms with E-state index in [2.05, 4.69) is 138 Å². The van der Waals surface area contributed by atoms with Gasteiger partial charge in [-0.05, 0) is 46.8 Å². The van der Waals surface area contributed by atoms with Gasteiger partial charge in [0, 0.05) is 27.7 Å². The van der Waals surface area contributed by atoms with Gasteiger partial charge in [-0.1, -0.05) is 120 Å². The van der Waals surface area contributed by atoms with Crippen LogP contribution < -0.4 is 16.4 Å². The Labute approximate surface area is 232 Å². The van der Waals surface area contributed by atoms with Crippen LogP contribution in [-0.4, -0.2) is 16.3 Å². The number of hydrogen-bond acceptors (Lipinski definition) is 1. The summed E-state index contributed by atoms with van der Waals surface area (Å²) >= 11 is 0. The number of fused-ring (bicyclic) bond motifs is 6. The molecule has 0 spiro atoms. The fourth-order valence-corrected chi connectivity index (χ4v) is 7.13. The minimum absolute atomic E-state index is 0.119. The molecular formula is C37H23BN2. The lowest BCUT2D eigenvalue weighted by atomic mass is 9.33. The summed E-state index contributed by atoms with van der Waals surface area (Å²) in [5.41, 5.74) is 11.3. The number of pyridine rings is 1. The minimum Gasteiger partial charge on any atom is -0.309 e. The molecule has 1 aliphatic rings. The molecule has 2 aromatic heterocycles. The normalized spacial score (nSPS) is 12.4. The molecule has 0 radical (unpaired) electrons. The highest BCUT2D eigenvalue weighted by molar-refractivity contribution is 6.99. The summed E-state index contributed by atoms with van der Waals surface area (Å²) in [5, 5.41) is 6.37. The standard InChI is InChI=1S/C37H23BN2/c1-2-12-26-24(10-1)31(20-21-36(26)40-34-18-7-4-13-27(34)28-14-5-8-19-35(28)40)38-30-15-6-3-11-25(30)29-22-23-39-33-17-9-16-32(38)37(29)33/h1-23H. The van der Waals surface area contributed by atoms with Crippen molar-refractivity contribution in [2.45, 2.75) is 0 Å². The van der Waals surface area contributed by atoms with Gasteiger partial charge in [-0.15, -0.1) is 0 Å². The van der Waals surface area contributed by atoms with E-state index in [0.29, 0.717) is 0 Å². The Morgan fingerprint density at radius 3 is 1.90 bits per heavy atom. The van der Waals surface area contributed by atoms with Crippen LogP contribution in [0.25, 0.3) is 60.3 Å². The summed E-state index contributed by atoms with van der Waals surface area (Å²) < 4.78 is 2.44. The smallest absolute Gasteiger partial charge is 0.243 e. The molecule has 0 atom stereocenters. The molecule has 0 unspecified atom stereocenters. The third kappa shape index (κ3) is 2.87. The Hall–Kier alpha value is -5.15. The van der Waals surface area contributed by atoms with Crippen LogP contribution in [0, 0.1) is 0 Å². The number of benzene rings is 6. The zero-order chi connectivity index (χ0) is 26.2. The molecule has 2 nitrogen and oxygen atoms in total. The second kappa shape index (κ2) is 8.18. The van der Waals surface area contributed by atoms with Gasteiger partial charge in [0.15, 0.2) is 0 Å². The van der Waals surface area contributed by atoms with Crippen molar-refractivity contribution in [3.8, 4) is 16.8 Å². The van der Waals surface area contributed by atoms with Crippen molar-refractivity contribution in [1.82, 2.24) is 9.55 Å². The maximum atomic E-state index is 4.75. The van der Waals surface area contributed by atoms with Crippen LogP contribution in [-0.2, 0) is 0 Å². The van der Waals surface area contributed by atoms with E-state index >= 15 is 0 Å². The lowest BCUT2D eigenvalue weighted by molar-refractivity contribution is 1.20. The first-order chi connectivity index (χ1) is 19.9. The molecule has 0 aliphatic carbocycles. The predicted molar refractivity (Wildman–Crippen MR) is 170 cm³/mol. The molecule has 0 saturated heterocycles. The lowest BCUT2D eigenvalue weighted by Gasteiger charge is -2.28. The first-order valence-corrected chi connectivity index (χ1v) is 13.9. The van der Waals surface area contributed by atoms with Gasteiger partial charge >= 0.3 is 0 Å². The summed E-state index contributed by atoms with van der Waals surface area (Å²) in [5.74, 6) is 0. The van der Waals surface area contributed by atoms with Crippen LogP contribution in [0.1, 0.15) is 0 Å². The molecule has 0 saturated carbocycles. The molecule has 3 heterocycles. The molecule has 40 heavy (non-hydrogen) atoms. The highest BCUT2D eigenvalue weighted by Gasteiger charge is 2.33. The highest BCUT2D eigenvalue weighted by atomic mass is 15.0. The van der Waals surface area contributed by atoms with Gasteiger partial charge in [0.05, 0.1) is 22.2 Å². The molecule has 0 bridgehead atoms. The third-order valence-corrected chi connectivity index (χ3v) is 8.74. The summed E-state index contributed by atoms with van der Waals surface area (Å²) in [6.07, 6.45) is 1.94. The molecule has 3 heteroatoms. The Morgan fingerprint density at radius 2 is 1.10 bits per heavy atom. The van der Waals surface area contributed by atoms with Crippen molar-refractivity contribution in [2.75, 3.05) is 0 Å². The monoisotopic (exact) mass is 506 g/mol. The van der Waals surface area contributed by atoms with Crippen LogP contribution in [0.4, 0.5) is 0 Å². The van der Waals surface area contributed by atoms with E-state index in [1.165, 1.54) is 71.2 Å². The number of aromatic nitrogens is 2. The van der Waals surface area contributed by atoms with Crippen LogP contribution in [0.15, 0.2) is 140 Å². The summed E-state index contributed by atoms with van der Waals surface area (Å²) in [6.45, 7) is 0.119. The van der Waals surface area contributed by atoms with Crippen LogP contribution in [0.5, 0.6) is 0 Å². The zero-order valence-electron chi connectivity index (χ0n) is 21.8. The van der Waals surface area contributed by atoms with Gasteiger partial charge in [-0.3, -0.25) is 4.98 Å². The van der Waals surface area contributed by atoms with Gasteiger partial charge < -0.3 is 4.57 Å². The van der Waals surface area contributed by atoms with E-state index < -0.39 is 0 Å². The van der Waals surface area contributed by atoms with E-state index in [9.17, 15) is 0 Å². The van der Waals surface area contributed by atoms with Crippen molar-refractivity contribution in [3.63, 3.8) is 0 Å². The lowest BCUT2D eigenvalue weighted by Crippen LogP contribution is -2.55. The maximum Gasteiger partial charge on any atom is 0.243 e. The Morgan fingerprint density at radius 1 is 0.450 bits per heavy atom. The van der Waals surface area contributed by atoms with Gasteiger partial charge in [-0.2, -0.15) is 0 Å². The fourth-order valence-electron chi connectivity index (χ4n) is 7.13. The minimum atomic E-state index is 0.119. The largest absolute Gasteiger partial charge is 0.309 e. The first-order valence-electron chi connectivity index (χ1n) is 13.9. The van der Waals surface area contributed by atoms with E-state index in [1.807, 2.05) is 6.20 Å². The summed E-state index contributed by atoms with van der Waals surface area (Å²) in [7, 11) is 0. The quantitative estimate of drug-likeness (QED) is 0.231. The topological polar surface area (TPSA) is 17.8 Å². The van der Waals surface area contributed by atoms with Crippen LogP contribution in [0.3, 0.4) is 0 Å². The molecule has 0 amide bonds. The van der Waals surface area contributed by atoms with E-state index in [-0.39, 0.29) is 6.71 Å². The molecular weight excluding hydrogens is 483 g/mol. The summed E-state index contributed by atoms with van der Waals surface area (Å²) in [4.78, 5) is 4.75. The molecule has 1 aliphatic heterocycles. The average Bonchev–Trinajstić information content (AvgIpc) is 3.35. The number of hydrogen-bond donors (Lipinski definition) is 0. The summed E-state index contributed by atoms with van der Waals surface area (Å²) in [6, 6.07) is 48.7. The number of para-hydroxylation sites is 2. The fraction of sp³-hybridized carbons (Fsp3) is 0. The second-order valence-electron chi connectivity index (χ2n) is 10.7. The van der Waals surface area contributed by atoms with Crippen LogP contribution >= 0.6 is 0 Å². The Balaban J connectivity index is 1.38. The van der Waals surface area contributed by atoms with Gasteiger partial charge in [0.25, 0.3) is 0 Å². The Bertz CT molecular complexity index is 2240. The first kappa shape index (κ1) is 21.8. The van der Waals surface area contributed by atoms with Gasteiger partial charge in [0.2, 0.25) is 6.71 Å². The van der Waals surface area contributed by atoms with E-state index in [0.717, 1.165) is 5.52 Å². The molecule has 9 rings (SSSR count). The predicted octanol–water partition coefficient (Wildman–Crippen LogP) is 6.98. The molecule has 0 fully saturated rings. The zero-order valence-corrected chi connectivity index (χ0v) is 21.8. The average molecular weight is 506 g/mol. The van der Waals surface area contributed by atoms with Crippen LogP contribution in [0.2, 0.25) is 0 Å². The SMILES string of the molecule is c1ccc2c(c1)B(c1ccc(-n3c4ccccc4c4ccccc43)c3ccccc13)c1cccc3nccc-2c13. The van der Waals surface area contributed by atoms with Gasteiger partial charge in [-0.25, -0.2) is 0 Å². The van der Waals surface area contributed by atoms with Crippen molar-refractivity contribution in [1.29, 1.82) is 0 Å². The Kier molecular flexibility index (Phi) is 4.45. The molecule has 8 aromatic rings.